The van der Waals surface area contributed by atoms with Crippen LogP contribution >= 0.6 is 0 Å². The van der Waals surface area contributed by atoms with E-state index in [4.69, 9.17) is 0 Å². The molecule has 1 aliphatic rings. The van der Waals surface area contributed by atoms with E-state index in [0.717, 1.165) is 0 Å². The summed E-state index contributed by atoms with van der Waals surface area (Å²) in [7, 11) is 0. The lowest BCUT2D eigenvalue weighted by Crippen LogP contribution is -1.94. The molecule has 0 N–H and O–H groups in total. The Hall–Kier alpha value is -6.76. The minimum atomic E-state index is 1.24. The fraction of sp³-hybridized carbons (Fsp3) is 0. The molecule has 0 saturated carbocycles. The summed E-state index contributed by atoms with van der Waals surface area (Å²) in [6.07, 6.45) is 0. The molecule has 0 heteroatoms. The summed E-state index contributed by atoms with van der Waals surface area (Å²) >= 11 is 0. The van der Waals surface area contributed by atoms with Crippen molar-refractivity contribution in [3.05, 3.63) is 182 Å². The largest absolute Gasteiger partial charge is 0.0622 e. The van der Waals surface area contributed by atoms with Crippen LogP contribution in [0.2, 0.25) is 0 Å². The molecule has 0 nitrogen and oxygen atoms in total. The molecule has 238 valence electrons. The van der Waals surface area contributed by atoms with Crippen molar-refractivity contribution in [3.8, 4) is 55.6 Å². The van der Waals surface area contributed by atoms with Gasteiger partial charge >= 0.3 is 0 Å². The van der Waals surface area contributed by atoms with Crippen molar-refractivity contribution < 1.29 is 0 Å². The first-order valence-corrected chi connectivity index (χ1v) is 18.2. The summed E-state index contributed by atoms with van der Waals surface area (Å²) in [6, 6.07) is 68.1. The van der Waals surface area contributed by atoms with Crippen LogP contribution in [0.4, 0.5) is 0 Å². The van der Waals surface area contributed by atoms with E-state index >= 15 is 0 Å². The van der Waals surface area contributed by atoms with E-state index in [1.807, 2.05) is 0 Å². The second kappa shape index (κ2) is 10.4. The Labute approximate surface area is 301 Å². The maximum Gasteiger partial charge on any atom is -0.000718 e. The molecule has 0 atom stereocenters. The predicted octanol–water partition coefficient (Wildman–Crippen LogP) is 14.7. The average molecular weight is 655 g/mol. The first kappa shape index (κ1) is 28.0. The van der Waals surface area contributed by atoms with Gasteiger partial charge in [0.2, 0.25) is 0 Å². The van der Waals surface area contributed by atoms with Crippen molar-refractivity contribution in [1.82, 2.24) is 0 Å². The lowest BCUT2D eigenvalue weighted by atomic mass is 9.81. The van der Waals surface area contributed by atoms with Crippen molar-refractivity contribution in [2.75, 3.05) is 0 Å². The van der Waals surface area contributed by atoms with E-state index < -0.39 is 0 Å². The van der Waals surface area contributed by atoms with Crippen LogP contribution in [-0.2, 0) is 0 Å². The highest BCUT2D eigenvalue weighted by molar-refractivity contribution is 6.37. The van der Waals surface area contributed by atoms with Crippen molar-refractivity contribution in [2.24, 2.45) is 0 Å². The van der Waals surface area contributed by atoms with Gasteiger partial charge in [-0.1, -0.05) is 152 Å². The smallest absolute Gasteiger partial charge is 0.000718 e. The van der Waals surface area contributed by atoms with Crippen molar-refractivity contribution in [1.29, 1.82) is 0 Å². The molecule has 12 rings (SSSR count). The topological polar surface area (TPSA) is 0 Å². The highest BCUT2D eigenvalue weighted by Crippen LogP contribution is 2.61. The van der Waals surface area contributed by atoms with Crippen LogP contribution in [0.5, 0.6) is 0 Å². The van der Waals surface area contributed by atoms with Crippen LogP contribution in [0.25, 0.3) is 120 Å². The van der Waals surface area contributed by atoms with Crippen LogP contribution in [0.15, 0.2) is 182 Å². The van der Waals surface area contributed by atoms with E-state index in [-0.39, 0.29) is 0 Å². The van der Waals surface area contributed by atoms with Crippen LogP contribution in [-0.4, -0.2) is 0 Å². The second-order valence-corrected chi connectivity index (χ2v) is 14.4. The van der Waals surface area contributed by atoms with Gasteiger partial charge in [-0.05, 0) is 151 Å². The molecule has 11 aromatic rings. The maximum absolute atomic E-state index is 2.52. The normalized spacial score (nSPS) is 12.2. The minimum Gasteiger partial charge on any atom is -0.0622 e. The Kier molecular flexibility index (Phi) is 5.59. The zero-order valence-corrected chi connectivity index (χ0v) is 28.3. The van der Waals surface area contributed by atoms with Crippen molar-refractivity contribution >= 4 is 64.6 Å². The summed E-state index contributed by atoms with van der Waals surface area (Å²) in [6.45, 7) is 0. The summed E-state index contributed by atoms with van der Waals surface area (Å²) in [5, 5.41) is 15.6. The first-order valence-electron chi connectivity index (χ1n) is 18.2. The van der Waals surface area contributed by atoms with Gasteiger partial charge in [0.1, 0.15) is 0 Å². The standard InChI is InChI=1S/C52H30/c1-3-13-32(14-4-1)47-42-27-36-18-9-10-19-37(36)28-43(42)48(33-15-5-2-6-16-33)52-45-30-41(38-23-22-31-12-7-8-17-35(31)26-38)40-25-24-34-20-11-21-39-29-44(51(47)52)49(45)50(40)46(34)39/h1-30H. The van der Waals surface area contributed by atoms with Crippen LogP contribution in [0, 0.1) is 0 Å². The highest BCUT2D eigenvalue weighted by Gasteiger charge is 2.33. The van der Waals surface area contributed by atoms with E-state index in [2.05, 4.69) is 182 Å². The average Bonchev–Trinajstić information content (AvgIpc) is 3.52. The predicted molar refractivity (Wildman–Crippen MR) is 223 cm³/mol. The number of hydrogen-bond donors (Lipinski definition) is 0. The molecule has 0 saturated heterocycles. The van der Waals surface area contributed by atoms with Crippen molar-refractivity contribution in [3.63, 3.8) is 0 Å². The van der Waals surface area contributed by atoms with Gasteiger partial charge in [0.25, 0.3) is 0 Å². The molecule has 11 aromatic carbocycles. The Bertz CT molecular complexity index is 3260. The van der Waals surface area contributed by atoms with Gasteiger partial charge in [-0.3, -0.25) is 0 Å². The minimum absolute atomic E-state index is 1.24. The van der Waals surface area contributed by atoms with Crippen LogP contribution < -0.4 is 0 Å². The Morgan fingerprint density at radius 2 is 0.731 bits per heavy atom. The van der Waals surface area contributed by atoms with Gasteiger partial charge in [0.05, 0.1) is 0 Å². The van der Waals surface area contributed by atoms with Gasteiger partial charge in [-0.2, -0.15) is 0 Å². The molecule has 0 amide bonds. The third kappa shape index (κ3) is 3.76. The quantitative estimate of drug-likeness (QED) is 0.131. The molecule has 0 bridgehead atoms. The van der Waals surface area contributed by atoms with E-state index in [0.29, 0.717) is 0 Å². The van der Waals surface area contributed by atoms with Gasteiger partial charge in [-0.25, -0.2) is 0 Å². The lowest BCUT2D eigenvalue weighted by Gasteiger charge is -2.21. The number of benzene rings is 11. The summed E-state index contributed by atoms with van der Waals surface area (Å²) in [5.41, 5.74) is 13.0. The molecule has 1 aliphatic carbocycles. The third-order valence-corrected chi connectivity index (χ3v) is 11.6. The molecule has 52 heavy (non-hydrogen) atoms. The Morgan fingerprint density at radius 3 is 1.38 bits per heavy atom. The number of fused-ring (bicyclic) bond motifs is 6. The Balaban J connectivity index is 1.35. The highest BCUT2D eigenvalue weighted by atomic mass is 14.4. The van der Waals surface area contributed by atoms with Gasteiger partial charge < -0.3 is 0 Å². The maximum atomic E-state index is 2.52. The summed E-state index contributed by atoms with van der Waals surface area (Å²) < 4.78 is 0. The lowest BCUT2D eigenvalue weighted by molar-refractivity contribution is 1.63. The van der Waals surface area contributed by atoms with Crippen LogP contribution in [0.3, 0.4) is 0 Å². The summed E-state index contributed by atoms with van der Waals surface area (Å²) in [4.78, 5) is 0. The molecule has 0 unspecified atom stereocenters. The van der Waals surface area contributed by atoms with E-state index in [1.54, 1.807) is 0 Å². The molecular formula is C52H30. The SMILES string of the molecule is c1ccc(-c2c3c(c(-c4ccccc4)c4cc5ccccc5cc24)-c2cc4cccc5ccc6c(-c7ccc8ccccc8c7)cc-3c2c6c54)cc1. The van der Waals surface area contributed by atoms with Gasteiger partial charge in [0.15, 0.2) is 0 Å². The summed E-state index contributed by atoms with van der Waals surface area (Å²) in [5.74, 6) is 0. The van der Waals surface area contributed by atoms with Crippen molar-refractivity contribution in [2.45, 2.75) is 0 Å². The monoisotopic (exact) mass is 654 g/mol. The first-order chi connectivity index (χ1) is 25.8. The molecule has 0 fully saturated rings. The van der Waals surface area contributed by atoms with Gasteiger partial charge in [0, 0.05) is 0 Å². The number of rotatable bonds is 3. The second-order valence-electron chi connectivity index (χ2n) is 14.4. The van der Waals surface area contributed by atoms with Gasteiger partial charge in [-0.15, -0.1) is 0 Å². The molecule has 0 heterocycles. The fourth-order valence-electron chi connectivity index (χ4n) is 9.46. The zero-order valence-electron chi connectivity index (χ0n) is 28.3. The van der Waals surface area contributed by atoms with E-state index in [9.17, 15) is 0 Å². The van der Waals surface area contributed by atoms with E-state index in [1.165, 1.54) is 120 Å². The molecule has 0 spiro atoms. The Morgan fingerprint density at radius 1 is 0.212 bits per heavy atom. The molecule has 0 aliphatic heterocycles. The molecular weight excluding hydrogens is 625 g/mol. The molecule has 0 aromatic heterocycles. The fourth-order valence-corrected chi connectivity index (χ4v) is 9.46. The van der Waals surface area contributed by atoms with Crippen LogP contribution in [0.1, 0.15) is 0 Å². The zero-order chi connectivity index (χ0) is 33.9. The molecule has 0 radical (unpaired) electrons. The third-order valence-electron chi connectivity index (χ3n) is 11.6. The number of hydrogen-bond acceptors (Lipinski definition) is 0.